The third-order valence-corrected chi connectivity index (χ3v) is 4.96. The molecule has 3 rings (SSSR count). The smallest absolute Gasteiger partial charge is 0.234 e. The Morgan fingerprint density at radius 1 is 1.38 bits per heavy atom. The highest BCUT2D eigenvalue weighted by Gasteiger charge is 2.42. The van der Waals surface area contributed by atoms with Gasteiger partial charge in [-0.05, 0) is 43.7 Å². The van der Waals surface area contributed by atoms with Crippen molar-refractivity contribution >= 4 is 11.6 Å². The Morgan fingerprint density at radius 2 is 2.14 bits per heavy atom. The molecule has 0 atom stereocenters. The largest absolute Gasteiger partial charge is 0.381 e. The van der Waals surface area contributed by atoms with Crippen LogP contribution in [-0.4, -0.2) is 32.2 Å². The number of fused-ring (bicyclic) bond motifs is 1. The predicted molar refractivity (Wildman–Crippen MR) is 83.4 cm³/mol. The van der Waals surface area contributed by atoms with Crippen molar-refractivity contribution in [2.45, 2.75) is 32.6 Å². The van der Waals surface area contributed by atoms with Gasteiger partial charge in [0, 0.05) is 32.0 Å². The Morgan fingerprint density at radius 3 is 2.86 bits per heavy atom. The van der Waals surface area contributed by atoms with Gasteiger partial charge in [-0.25, -0.2) is 0 Å². The van der Waals surface area contributed by atoms with Gasteiger partial charge in [-0.2, -0.15) is 0 Å². The van der Waals surface area contributed by atoms with Crippen LogP contribution < -0.4 is 10.6 Å². The van der Waals surface area contributed by atoms with Crippen molar-refractivity contribution in [3.63, 3.8) is 0 Å². The van der Waals surface area contributed by atoms with E-state index in [2.05, 4.69) is 25.1 Å². The van der Waals surface area contributed by atoms with E-state index >= 15 is 0 Å². The number of para-hydroxylation sites is 1. The highest BCUT2D eigenvalue weighted by atomic mass is 16.5. The van der Waals surface area contributed by atoms with Crippen LogP contribution in [0.25, 0.3) is 0 Å². The van der Waals surface area contributed by atoms with E-state index in [4.69, 9.17) is 10.5 Å². The molecule has 0 bridgehead atoms. The fourth-order valence-electron chi connectivity index (χ4n) is 3.60. The number of anilines is 1. The van der Waals surface area contributed by atoms with Crippen LogP contribution in [0.1, 0.15) is 30.4 Å². The number of hydrogen-bond acceptors (Lipinski definition) is 3. The summed E-state index contributed by atoms with van der Waals surface area (Å²) in [5.41, 5.74) is 9.15. The maximum atomic E-state index is 13.2. The number of amides is 1. The summed E-state index contributed by atoms with van der Waals surface area (Å²) in [4.78, 5) is 15.2. The van der Waals surface area contributed by atoms with Gasteiger partial charge in [-0.1, -0.05) is 18.2 Å². The van der Waals surface area contributed by atoms with E-state index in [0.717, 1.165) is 37.9 Å². The van der Waals surface area contributed by atoms with Gasteiger partial charge in [0.2, 0.25) is 5.91 Å². The van der Waals surface area contributed by atoms with E-state index < -0.39 is 5.41 Å². The lowest BCUT2D eigenvalue weighted by Crippen LogP contribution is -2.52. The first-order valence-electron chi connectivity index (χ1n) is 7.86. The maximum Gasteiger partial charge on any atom is 0.234 e. The molecule has 1 aromatic rings. The van der Waals surface area contributed by atoms with Crippen molar-refractivity contribution in [1.29, 1.82) is 0 Å². The molecule has 0 saturated carbocycles. The third-order valence-electron chi connectivity index (χ3n) is 4.96. The number of nitrogens with zero attached hydrogens (tertiary/aromatic N) is 1. The summed E-state index contributed by atoms with van der Waals surface area (Å²) >= 11 is 0. The summed E-state index contributed by atoms with van der Waals surface area (Å²) in [6, 6.07) is 6.31. The number of rotatable bonds is 2. The van der Waals surface area contributed by atoms with Crippen molar-refractivity contribution in [2.75, 3.05) is 31.2 Å². The number of benzene rings is 1. The van der Waals surface area contributed by atoms with E-state index in [1.165, 1.54) is 11.1 Å². The minimum Gasteiger partial charge on any atom is -0.381 e. The lowest BCUT2D eigenvalue weighted by atomic mass is 9.78. The highest BCUT2D eigenvalue weighted by molar-refractivity contribution is 5.99. The van der Waals surface area contributed by atoms with Crippen LogP contribution in [0.5, 0.6) is 0 Å². The average Bonchev–Trinajstić information content (AvgIpc) is 2.54. The van der Waals surface area contributed by atoms with Gasteiger partial charge in [0.05, 0.1) is 5.41 Å². The maximum absolute atomic E-state index is 13.2. The third kappa shape index (κ3) is 2.47. The van der Waals surface area contributed by atoms with Crippen LogP contribution in [0, 0.1) is 12.3 Å². The molecule has 0 unspecified atom stereocenters. The minimum atomic E-state index is -0.435. The first-order valence-corrected chi connectivity index (χ1v) is 7.86. The molecule has 1 aromatic carbocycles. The summed E-state index contributed by atoms with van der Waals surface area (Å²) in [6.07, 6.45) is 3.55. The van der Waals surface area contributed by atoms with Crippen molar-refractivity contribution in [3.8, 4) is 0 Å². The van der Waals surface area contributed by atoms with E-state index in [1.54, 1.807) is 0 Å². The Bertz CT molecular complexity index is 536. The predicted octanol–water partition coefficient (Wildman–Crippen LogP) is 2.03. The van der Waals surface area contributed by atoms with Gasteiger partial charge in [-0.3, -0.25) is 4.79 Å². The van der Waals surface area contributed by atoms with Crippen molar-refractivity contribution in [1.82, 2.24) is 0 Å². The average molecular weight is 288 g/mol. The van der Waals surface area contributed by atoms with E-state index in [9.17, 15) is 4.79 Å². The van der Waals surface area contributed by atoms with Crippen molar-refractivity contribution in [2.24, 2.45) is 11.1 Å². The van der Waals surface area contributed by atoms with Crippen molar-refractivity contribution in [3.05, 3.63) is 29.3 Å². The Balaban J connectivity index is 1.96. The Hall–Kier alpha value is -1.39. The first kappa shape index (κ1) is 14.5. The van der Waals surface area contributed by atoms with Gasteiger partial charge in [0.1, 0.15) is 0 Å². The molecule has 2 N–H and O–H groups in total. The summed E-state index contributed by atoms with van der Waals surface area (Å²) < 4.78 is 5.43. The molecule has 0 aliphatic carbocycles. The molecule has 0 radical (unpaired) electrons. The molecule has 4 nitrogen and oxygen atoms in total. The van der Waals surface area contributed by atoms with Crippen LogP contribution in [0.15, 0.2) is 18.2 Å². The topological polar surface area (TPSA) is 55.6 Å². The number of hydrogen-bond donors (Lipinski definition) is 1. The lowest BCUT2D eigenvalue weighted by Gasteiger charge is -2.41. The van der Waals surface area contributed by atoms with E-state index in [1.807, 2.05) is 4.90 Å². The van der Waals surface area contributed by atoms with Gasteiger partial charge in [0.25, 0.3) is 0 Å². The highest BCUT2D eigenvalue weighted by Crippen LogP contribution is 2.37. The SMILES string of the molecule is Cc1cccc2c1N(C(=O)C1(CN)CCOCC1)CCC2. The molecule has 2 heterocycles. The molecule has 1 saturated heterocycles. The second-order valence-electron chi connectivity index (χ2n) is 6.24. The van der Waals surface area contributed by atoms with E-state index in [-0.39, 0.29) is 5.91 Å². The van der Waals surface area contributed by atoms with Crippen LogP contribution in [0.2, 0.25) is 0 Å². The molecule has 1 amide bonds. The zero-order valence-corrected chi connectivity index (χ0v) is 12.7. The minimum absolute atomic E-state index is 0.198. The normalized spacial score (nSPS) is 21.0. The van der Waals surface area contributed by atoms with Crippen LogP contribution in [0.3, 0.4) is 0 Å². The zero-order chi connectivity index (χ0) is 14.9. The molecular weight excluding hydrogens is 264 g/mol. The molecule has 2 aliphatic heterocycles. The number of carbonyl (C=O) groups is 1. The Labute approximate surface area is 126 Å². The second-order valence-corrected chi connectivity index (χ2v) is 6.24. The molecular formula is C17H24N2O2. The van der Waals surface area contributed by atoms with Crippen molar-refractivity contribution < 1.29 is 9.53 Å². The summed E-state index contributed by atoms with van der Waals surface area (Å²) in [5, 5.41) is 0. The molecule has 0 spiro atoms. The van der Waals surface area contributed by atoms with Crippen LogP contribution >= 0.6 is 0 Å². The standard InChI is InChI=1S/C17H24N2O2/c1-13-4-2-5-14-6-3-9-19(15(13)14)16(20)17(12-18)7-10-21-11-8-17/h2,4-5H,3,6-12,18H2,1H3. The van der Waals surface area contributed by atoms with Crippen LogP contribution in [0.4, 0.5) is 5.69 Å². The van der Waals surface area contributed by atoms with E-state index in [0.29, 0.717) is 19.8 Å². The van der Waals surface area contributed by atoms with Gasteiger partial charge in [0.15, 0.2) is 0 Å². The lowest BCUT2D eigenvalue weighted by molar-refractivity contribution is -0.133. The molecule has 0 aromatic heterocycles. The van der Waals surface area contributed by atoms with Gasteiger partial charge >= 0.3 is 0 Å². The number of carbonyl (C=O) groups excluding carboxylic acids is 1. The summed E-state index contributed by atoms with van der Waals surface area (Å²) in [5.74, 6) is 0.198. The quantitative estimate of drug-likeness (QED) is 0.906. The summed E-state index contributed by atoms with van der Waals surface area (Å²) in [6.45, 7) is 4.57. The fraction of sp³-hybridized carbons (Fsp3) is 0.588. The Kier molecular flexibility index (Phi) is 4.00. The zero-order valence-electron chi connectivity index (χ0n) is 12.7. The molecule has 4 heteroatoms. The fourth-order valence-corrected chi connectivity index (χ4v) is 3.60. The molecule has 21 heavy (non-hydrogen) atoms. The number of nitrogens with two attached hydrogens (primary N) is 1. The number of aryl methyl sites for hydroxylation is 2. The summed E-state index contributed by atoms with van der Waals surface area (Å²) in [7, 11) is 0. The first-order chi connectivity index (χ1) is 10.2. The second kappa shape index (κ2) is 5.78. The van der Waals surface area contributed by atoms with Gasteiger partial charge < -0.3 is 15.4 Å². The molecule has 2 aliphatic rings. The number of ether oxygens (including phenoxy) is 1. The monoisotopic (exact) mass is 288 g/mol. The molecule has 1 fully saturated rings. The van der Waals surface area contributed by atoms with Gasteiger partial charge in [-0.15, -0.1) is 0 Å². The molecule has 114 valence electrons. The van der Waals surface area contributed by atoms with Crippen LogP contribution in [-0.2, 0) is 16.0 Å².